The number of nitrogens with zero attached hydrogens (tertiary/aromatic N) is 2. The molecule has 3 amide bonds. The maximum atomic E-state index is 13.2. The van der Waals surface area contributed by atoms with Gasteiger partial charge in [-0.25, -0.2) is 8.42 Å². The van der Waals surface area contributed by atoms with Crippen molar-refractivity contribution in [1.82, 2.24) is 9.21 Å². The lowest BCUT2D eigenvalue weighted by Crippen LogP contribution is -2.38. The van der Waals surface area contributed by atoms with Gasteiger partial charge in [0.05, 0.1) is 16.0 Å². The predicted octanol–water partition coefficient (Wildman–Crippen LogP) is 7.08. The van der Waals surface area contributed by atoms with E-state index in [9.17, 15) is 22.8 Å². The summed E-state index contributed by atoms with van der Waals surface area (Å²) in [6.07, 6.45) is 11.0. The summed E-state index contributed by atoms with van der Waals surface area (Å²) in [6.45, 7) is 1.52. The normalized spacial score (nSPS) is 15.7. The Morgan fingerprint density at radius 2 is 1.24 bits per heavy atom. The van der Waals surface area contributed by atoms with E-state index in [0.717, 1.165) is 70.6 Å². The molecule has 2 heterocycles. The fourth-order valence-electron chi connectivity index (χ4n) is 6.44. The van der Waals surface area contributed by atoms with Crippen LogP contribution in [0.15, 0.2) is 83.8 Å². The summed E-state index contributed by atoms with van der Waals surface area (Å²) in [7, 11) is -3.56. The molecule has 1 N–H and O–H groups in total. The van der Waals surface area contributed by atoms with Crippen molar-refractivity contribution in [3.05, 3.63) is 95.6 Å². The number of anilines is 1. The average molecular weight is 644 g/mol. The molecule has 2 aliphatic heterocycles. The van der Waals surface area contributed by atoms with Gasteiger partial charge in [-0.15, -0.1) is 0 Å². The first-order chi connectivity index (χ1) is 22.3. The lowest BCUT2D eigenvalue weighted by Gasteiger charge is -2.31. The molecule has 0 aliphatic carbocycles. The number of benzene rings is 3. The van der Waals surface area contributed by atoms with Gasteiger partial charge in [-0.2, -0.15) is 4.31 Å². The maximum Gasteiger partial charge on any atom is 0.261 e. The number of carbonyl (C=O) groups excluding carboxylic acids is 3. The third-order valence-electron chi connectivity index (χ3n) is 9.13. The van der Waals surface area contributed by atoms with Gasteiger partial charge in [0.1, 0.15) is 0 Å². The fourth-order valence-corrected chi connectivity index (χ4v) is 7.91. The lowest BCUT2D eigenvalue weighted by atomic mass is 9.91. The molecule has 3 aromatic rings. The Labute approximate surface area is 273 Å². The van der Waals surface area contributed by atoms with E-state index in [1.165, 1.54) is 10.5 Å². The fraction of sp³-hybridized carbons (Fsp3) is 0.432. The van der Waals surface area contributed by atoms with Gasteiger partial charge in [-0.05, 0) is 80.0 Å². The highest BCUT2D eigenvalue weighted by molar-refractivity contribution is 7.89. The van der Waals surface area contributed by atoms with Crippen molar-refractivity contribution in [1.29, 1.82) is 0 Å². The van der Waals surface area contributed by atoms with Crippen molar-refractivity contribution >= 4 is 33.4 Å². The number of fused-ring (bicyclic) bond motifs is 1. The highest BCUT2D eigenvalue weighted by Gasteiger charge is 2.34. The maximum absolute atomic E-state index is 13.2. The molecule has 1 fully saturated rings. The number of imide groups is 1. The van der Waals surface area contributed by atoms with E-state index in [1.54, 1.807) is 52.8 Å². The molecule has 0 unspecified atom stereocenters. The Balaban J connectivity index is 0.912. The van der Waals surface area contributed by atoms with Crippen molar-refractivity contribution in [3.8, 4) is 0 Å². The van der Waals surface area contributed by atoms with E-state index in [-0.39, 0.29) is 22.6 Å². The number of sulfonamides is 1. The van der Waals surface area contributed by atoms with Crippen LogP contribution in [0.25, 0.3) is 0 Å². The molecule has 0 bridgehead atoms. The second-order valence-electron chi connectivity index (χ2n) is 12.5. The van der Waals surface area contributed by atoms with Crippen molar-refractivity contribution in [2.75, 3.05) is 25.0 Å². The summed E-state index contributed by atoms with van der Waals surface area (Å²) in [4.78, 5) is 38.9. The Morgan fingerprint density at radius 1 is 0.696 bits per heavy atom. The zero-order valence-corrected chi connectivity index (χ0v) is 27.3. The zero-order chi connectivity index (χ0) is 32.4. The number of amides is 3. The number of hydrogen-bond acceptors (Lipinski definition) is 5. The van der Waals surface area contributed by atoms with Gasteiger partial charge in [-0.1, -0.05) is 81.0 Å². The van der Waals surface area contributed by atoms with Gasteiger partial charge in [-0.3, -0.25) is 19.3 Å². The number of unbranched alkanes of at least 4 members (excludes halogenated alkanes) is 7. The Bertz CT molecular complexity index is 1550. The summed E-state index contributed by atoms with van der Waals surface area (Å²) in [5, 5.41) is 2.89. The Kier molecular flexibility index (Phi) is 11.8. The first-order valence-electron chi connectivity index (χ1n) is 16.7. The molecule has 0 aromatic heterocycles. The Morgan fingerprint density at radius 3 is 1.85 bits per heavy atom. The van der Waals surface area contributed by atoms with Crippen LogP contribution in [0.3, 0.4) is 0 Å². The molecular formula is C37H45N3O5S. The standard InChI is InChI=1S/C37H45N3O5S/c41-35(18-10-5-3-1-2-4-6-13-25-40-36(42)33-16-11-12-17-34(33)37(40)43)38-31-19-21-32(22-20-31)46(44,45)39-26-23-30(24-27-39)28-29-14-8-7-9-15-29/h7-9,11-12,14-17,19-22,30H,1-6,10,13,18,23-28H2,(H,38,41). The van der Waals surface area contributed by atoms with Crippen molar-refractivity contribution in [2.24, 2.45) is 5.92 Å². The molecule has 1 saturated heterocycles. The van der Waals surface area contributed by atoms with E-state index >= 15 is 0 Å². The third kappa shape index (κ3) is 8.70. The highest BCUT2D eigenvalue weighted by Crippen LogP contribution is 2.27. The van der Waals surface area contributed by atoms with Gasteiger partial charge in [0.15, 0.2) is 0 Å². The summed E-state index contributed by atoms with van der Waals surface area (Å²) in [6, 6.07) is 23.8. The van der Waals surface area contributed by atoms with Crippen LogP contribution in [0.2, 0.25) is 0 Å². The summed E-state index contributed by atoms with van der Waals surface area (Å²) in [5.74, 6) is 0.0550. The van der Waals surface area contributed by atoms with Crippen LogP contribution < -0.4 is 5.32 Å². The van der Waals surface area contributed by atoms with E-state index in [2.05, 4.69) is 17.4 Å². The van der Waals surface area contributed by atoms with Crippen LogP contribution in [-0.2, 0) is 21.2 Å². The van der Waals surface area contributed by atoms with Gasteiger partial charge in [0.25, 0.3) is 11.8 Å². The Hall–Kier alpha value is -3.82. The summed E-state index contributed by atoms with van der Waals surface area (Å²) >= 11 is 0. The van der Waals surface area contributed by atoms with E-state index in [0.29, 0.717) is 48.8 Å². The van der Waals surface area contributed by atoms with Crippen LogP contribution in [0.4, 0.5) is 5.69 Å². The first kappa shape index (κ1) is 33.5. The molecule has 8 nitrogen and oxygen atoms in total. The van der Waals surface area contributed by atoms with Crippen molar-refractivity contribution in [3.63, 3.8) is 0 Å². The topological polar surface area (TPSA) is 104 Å². The predicted molar refractivity (Wildman–Crippen MR) is 180 cm³/mol. The minimum absolute atomic E-state index is 0.0655. The van der Waals surface area contributed by atoms with Crippen LogP contribution in [0.1, 0.15) is 96.9 Å². The summed E-state index contributed by atoms with van der Waals surface area (Å²) in [5.41, 5.74) is 2.91. The second kappa shape index (κ2) is 16.1. The number of hydrogen-bond donors (Lipinski definition) is 1. The van der Waals surface area contributed by atoms with Crippen molar-refractivity contribution in [2.45, 2.75) is 81.9 Å². The SMILES string of the molecule is O=C(CCCCCCCCCCN1C(=O)c2ccccc2C1=O)Nc1ccc(S(=O)(=O)N2CCC(Cc3ccccc3)CC2)cc1. The molecule has 46 heavy (non-hydrogen) atoms. The van der Waals surface area contributed by atoms with Gasteiger partial charge in [0, 0.05) is 31.7 Å². The quantitative estimate of drug-likeness (QED) is 0.133. The molecule has 9 heteroatoms. The molecule has 0 radical (unpaired) electrons. The van der Waals surface area contributed by atoms with Gasteiger partial charge >= 0.3 is 0 Å². The molecular weight excluding hydrogens is 598 g/mol. The highest BCUT2D eigenvalue weighted by atomic mass is 32.2. The van der Waals surface area contributed by atoms with Crippen LogP contribution in [0, 0.1) is 5.92 Å². The molecule has 244 valence electrons. The first-order valence-corrected chi connectivity index (χ1v) is 18.2. The number of carbonyl (C=O) groups is 3. The van der Waals surface area contributed by atoms with E-state index in [4.69, 9.17) is 0 Å². The molecule has 0 spiro atoms. The lowest BCUT2D eigenvalue weighted by molar-refractivity contribution is -0.116. The molecule has 2 aliphatic rings. The van der Waals surface area contributed by atoms with Crippen LogP contribution in [0.5, 0.6) is 0 Å². The molecule has 0 atom stereocenters. The average Bonchev–Trinajstić information content (AvgIpc) is 3.31. The van der Waals surface area contributed by atoms with Crippen LogP contribution >= 0.6 is 0 Å². The smallest absolute Gasteiger partial charge is 0.261 e. The third-order valence-corrected chi connectivity index (χ3v) is 11.0. The zero-order valence-electron chi connectivity index (χ0n) is 26.5. The minimum Gasteiger partial charge on any atom is -0.326 e. The number of rotatable bonds is 16. The molecule has 0 saturated carbocycles. The summed E-state index contributed by atoms with van der Waals surface area (Å²) < 4.78 is 28.0. The number of nitrogens with one attached hydrogen (secondary N) is 1. The minimum atomic E-state index is -3.56. The van der Waals surface area contributed by atoms with Crippen LogP contribution in [-0.4, -0.2) is 55.0 Å². The van der Waals surface area contributed by atoms with Gasteiger partial charge < -0.3 is 5.32 Å². The van der Waals surface area contributed by atoms with E-state index in [1.807, 2.05) is 18.2 Å². The largest absolute Gasteiger partial charge is 0.326 e. The number of piperidine rings is 1. The molecule has 3 aromatic carbocycles. The van der Waals surface area contributed by atoms with Gasteiger partial charge in [0.2, 0.25) is 15.9 Å². The molecule has 5 rings (SSSR count). The second-order valence-corrected chi connectivity index (χ2v) is 14.4. The van der Waals surface area contributed by atoms with Crippen molar-refractivity contribution < 1.29 is 22.8 Å². The van der Waals surface area contributed by atoms with E-state index < -0.39 is 10.0 Å². The monoisotopic (exact) mass is 643 g/mol.